The molecule has 1 saturated carbocycles. The number of rotatable bonds is 7. The molecule has 2 N–H and O–H groups in total. The van der Waals surface area contributed by atoms with E-state index in [2.05, 4.69) is 39.6 Å². The van der Waals surface area contributed by atoms with E-state index in [1.165, 1.54) is 5.56 Å². The van der Waals surface area contributed by atoms with Gasteiger partial charge in [-0.2, -0.15) is 0 Å². The van der Waals surface area contributed by atoms with Crippen molar-refractivity contribution in [3.05, 3.63) is 89.0 Å². The Morgan fingerprint density at radius 1 is 0.861 bits per heavy atom. The first-order chi connectivity index (χ1) is 17.4. The third kappa shape index (κ3) is 6.01. The van der Waals surface area contributed by atoms with Crippen molar-refractivity contribution in [2.75, 3.05) is 38.5 Å². The number of likely N-dealkylation sites (N-methyl/N-ethyl adjacent to an activating group) is 1. The van der Waals surface area contributed by atoms with Crippen LogP contribution in [0.4, 0.5) is 5.69 Å². The molecule has 0 atom stereocenters. The van der Waals surface area contributed by atoms with Gasteiger partial charge >= 0.3 is 0 Å². The van der Waals surface area contributed by atoms with Crippen molar-refractivity contribution in [3.8, 4) is 11.1 Å². The summed E-state index contributed by atoms with van der Waals surface area (Å²) in [7, 11) is 2.16. The third-order valence-electron chi connectivity index (χ3n) is 7.06. The zero-order chi connectivity index (χ0) is 25.1. The van der Waals surface area contributed by atoms with Gasteiger partial charge in [-0.3, -0.25) is 14.5 Å². The summed E-state index contributed by atoms with van der Waals surface area (Å²) in [5.74, 6) is -0.155. The lowest BCUT2D eigenvalue weighted by Gasteiger charge is -2.32. The van der Waals surface area contributed by atoms with E-state index in [1.54, 1.807) is 0 Å². The molecular formula is C30H34N4O2. The molecule has 1 aliphatic carbocycles. The molecule has 36 heavy (non-hydrogen) atoms. The number of nitrogens with one attached hydrogen (secondary N) is 2. The molecule has 2 aliphatic rings. The lowest BCUT2D eigenvalue weighted by molar-refractivity contribution is 0.0950. The molecule has 0 spiro atoms. The summed E-state index contributed by atoms with van der Waals surface area (Å²) in [5.41, 5.74) is 6.35. The second-order valence-corrected chi connectivity index (χ2v) is 10.1. The van der Waals surface area contributed by atoms with Gasteiger partial charge in [0, 0.05) is 55.6 Å². The second-order valence-electron chi connectivity index (χ2n) is 10.1. The van der Waals surface area contributed by atoms with E-state index in [1.807, 2.05) is 61.5 Å². The second kappa shape index (κ2) is 10.6. The number of hydrogen-bond donors (Lipinski definition) is 2. The predicted octanol–water partition coefficient (Wildman–Crippen LogP) is 4.55. The van der Waals surface area contributed by atoms with Crippen LogP contribution in [0.1, 0.15) is 44.7 Å². The Morgan fingerprint density at radius 3 is 2.31 bits per heavy atom. The van der Waals surface area contributed by atoms with Crippen LogP contribution in [0.5, 0.6) is 0 Å². The molecule has 1 heterocycles. The quantitative estimate of drug-likeness (QED) is 0.519. The molecular weight excluding hydrogens is 448 g/mol. The van der Waals surface area contributed by atoms with E-state index in [0.29, 0.717) is 17.2 Å². The van der Waals surface area contributed by atoms with Gasteiger partial charge in [-0.05, 0) is 85.5 Å². The Labute approximate surface area is 213 Å². The van der Waals surface area contributed by atoms with Crippen molar-refractivity contribution in [2.24, 2.45) is 0 Å². The van der Waals surface area contributed by atoms with Gasteiger partial charge in [0.1, 0.15) is 0 Å². The fourth-order valence-electron chi connectivity index (χ4n) is 4.59. The van der Waals surface area contributed by atoms with Crippen molar-refractivity contribution in [1.29, 1.82) is 0 Å². The van der Waals surface area contributed by atoms with Crippen LogP contribution in [0, 0.1) is 6.92 Å². The molecule has 6 nitrogen and oxygen atoms in total. The van der Waals surface area contributed by atoms with Crippen LogP contribution in [0.15, 0.2) is 66.7 Å². The minimum Gasteiger partial charge on any atom is -0.349 e. The van der Waals surface area contributed by atoms with Crippen LogP contribution in [0.25, 0.3) is 11.1 Å². The average molecular weight is 483 g/mol. The summed E-state index contributed by atoms with van der Waals surface area (Å²) in [6.07, 6.45) is 2.13. The lowest BCUT2D eigenvalue weighted by atomic mass is 9.97. The van der Waals surface area contributed by atoms with E-state index in [-0.39, 0.29) is 11.8 Å². The average Bonchev–Trinajstić information content (AvgIpc) is 3.70. The number of amides is 2. The van der Waals surface area contributed by atoms with Crippen molar-refractivity contribution in [1.82, 2.24) is 15.1 Å². The maximum absolute atomic E-state index is 12.9. The highest BCUT2D eigenvalue weighted by atomic mass is 16.2. The molecule has 0 aromatic heterocycles. The Hall–Kier alpha value is -3.48. The van der Waals surface area contributed by atoms with E-state index >= 15 is 0 Å². The summed E-state index contributed by atoms with van der Waals surface area (Å²) >= 11 is 0. The molecule has 3 aromatic carbocycles. The number of carbonyl (C=O) groups is 2. The molecule has 5 rings (SSSR count). The van der Waals surface area contributed by atoms with Gasteiger partial charge in [-0.15, -0.1) is 0 Å². The van der Waals surface area contributed by atoms with Crippen LogP contribution in [-0.2, 0) is 6.54 Å². The highest BCUT2D eigenvalue weighted by Crippen LogP contribution is 2.26. The van der Waals surface area contributed by atoms with Gasteiger partial charge in [0.2, 0.25) is 0 Å². The number of hydrogen-bond acceptors (Lipinski definition) is 4. The summed E-state index contributed by atoms with van der Waals surface area (Å²) in [6.45, 7) is 7.23. The first-order valence-corrected chi connectivity index (χ1v) is 12.8. The molecule has 3 aromatic rings. The van der Waals surface area contributed by atoms with Gasteiger partial charge in [0.25, 0.3) is 11.8 Å². The zero-order valence-electron chi connectivity index (χ0n) is 21.1. The predicted molar refractivity (Wildman–Crippen MR) is 144 cm³/mol. The summed E-state index contributed by atoms with van der Waals surface area (Å²) in [5, 5.41) is 6.09. The molecule has 1 aliphatic heterocycles. The van der Waals surface area contributed by atoms with E-state index < -0.39 is 0 Å². The number of benzene rings is 3. The molecule has 2 amide bonds. The number of carbonyl (C=O) groups excluding carboxylic acids is 2. The maximum Gasteiger partial charge on any atom is 0.255 e. The molecule has 6 heteroatoms. The van der Waals surface area contributed by atoms with Gasteiger partial charge in [0.15, 0.2) is 0 Å². The van der Waals surface area contributed by atoms with Crippen LogP contribution in [0.2, 0.25) is 0 Å². The summed E-state index contributed by atoms with van der Waals surface area (Å²) in [6, 6.07) is 21.8. The van der Waals surface area contributed by atoms with E-state index in [0.717, 1.165) is 67.9 Å². The normalized spacial score (nSPS) is 16.5. The van der Waals surface area contributed by atoms with Gasteiger partial charge in [0.05, 0.1) is 0 Å². The van der Waals surface area contributed by atoms with Gasteiger partial charge < -0.3 is 15.5 Å². The first kappa shape index (κ1) is 24.2. The summed E-state index contributed by atoms with van der Waals surface area (Å²) < 4.78 is 0. The van der Waals surface area contributed by atoms with Crippen molar-refractivity contribution >= 4 is 17.5 Å². The lowest BCUT2D eigenvalue weighted by Crippen LogP contribution is -2.43. The fraction of sp³-hybridized carbons (Fsp3) is 0.333. The molecule has 0 radical (unpaired) electrons. The van der Waals surface area contributed by atoms with Crippen LogP contribution in [0.3, 0.4) is 0 Å². The van der Waals surface area contributed by atoms with Crippen molar-refractivity contribution in [3.63, 3.8) is 0 Å². The highest BCUT2D eigenvalue weighted by Gasteiger charge is 2.24. The number of piperazine rings is 1. The molecule has 2 fully saturated rings. The Balaban J connectivity index is 1.24. The van der Waals surface area contributed by atoms with Crippen LogP contribution >= 0.6 is 0 Å². The van der Waals surface area contributed by atoms with Crippen LogP contribution in [-0.4, -0.2) is 60.9 Å². The smallest absolute Gasteiger partial charge is 0.255 e. The Kier molecular flexibility index (Phi) is 7.16. The summed E-state index contributed by atoms with van der Waals surface area (Å²) in [4.78, 5) is 30.2. The molecule has 0 unspecified atom stereocenters. The fourth-order valence-corrected chi connectivity index (χ4v) is 4.59. The number of anilines is 1. The minimum absolute atomic E-state index is 0.0235. The molecule has 0 bridgehead atoms. The third-order valence-corrected chi connectivity index (χ3v) is 7.06. The minimum atomic E-state index is -0.132. The van der Waals surface area contributed by atoms with Crippen LogP contribution < -0.4 is 10.6 Å². The highest BCUT2D eigenvalue weighted by molar-refractivity contribution is 6.04. The van der Waals surface area contributed by atoms with Crippen molar-refractivity contribution in [2.45, 2.75) is 32.4 Å². The Morgan fingerprint density at radius 2 is 1.58 bits per heavy atom. The topological polar surface area (TPSA) is 64.7 Å². The van der Waals surface area contributed by atoms with Crippen molar-refractivity contribution < 1.29 is 9.59 Å². The van der Waals surface area contributed by atoms with E-state index in [4.69, 9.17) is 0 Å². The number of nitrogens with zero attached hydrogens (tertiary/aromatic N) is 2. The zero-order valence-corrected chi connectivity index (χ0v) is 21.1. The maximum atomic E-state index is 12.9. The van der Waals surface area contributed by atoms with Gasteiger partial charge in [-0.25, -0.2) is 0 Å². The van der Waals surface area contributed by atoms with E-state index in [9.17, 15) is 9.59 Å². The first-order valence-electron chi connectivity index (χ1n) is 12.8. The SMILES string of the molecule is Cc1ccc(C(=O)NC2CC2)cc1-c1ccc(C(=O)Nc2cccc(CN3CCN(C)CC3)c2)cc1. The number of aryl methyl sites for hydroxylation is 1. The molecule has 186 valence electrons. The largest absolute Gasteiger partial charge is 0.349 e. The molecule has 1 saturated heterocycles. The standard InChI is InChI=1S/C30H34N4O2/c1-21-6-7-25(30(36)31-26-12-13-26)19-28(21)23-8-10-24(11-9-23)29(35)32-27-5-3-4-22(18-27)20-34-16-14-33(2)15-17-34/h3-11,18-19,26H,12-17,20H2,1-2H3,(H,31,36)(H,32,35). The Bertz CT molecular complexity index is 1240. The monoisotopic (exact) mass is 482 g/mol. The van der Waals surface area contributed by atoms with Gasteiger partial charge in [-0.1, -0.05) is 30.3 Å².